The van der Waals surface area contributed by atoms with Crippen molar-refractivity contribution in [2.75, 3.05) is 59.1 Å². The van der Waals surface area contributed by atoms with Crippen LogP contribution in [0.15, 0.2) is 42.6 Å². The van der Waals surface area contributed by atoms with Crippen LogP contribution in [0.5, 0.6) is 5.75 Å². The molecule has 1 aliphatic carbocycles. The van der Waals surface area contributed by atoms with Crippen LogP contribution in [0.25, 0.3) is 21.9 Å². The molecule has 18 heteroatoms. The van der Waals surface area contributed by atoms with E-state index in [1.54, 1.807) is 10.7 Å². The maximum atomic E-state index is 13.7. The standard InChI is InChI=1S/C36H47N9O7S2/c1-22-14-23(2)33(24(3)15-22)52-36(46)32-30(37-4)20-45-35(32)39-34(40-45)25-10-11-31(43(5)44-12-8-9-13-44)29(16-25)38-21-51-28-18-26(41-53(6,47)48)17-27(19-28)42-54(7,49)50/h10-11,16-20,22-24,33,38,41-42H,8-9,12-15,21H2,1-3,5-7H3,(H,39,40). The maximum absolute atomic E-state index is 13.7. The zero-order valence-electron chi connectivity index (χ0n) is 31.2. The Morgan fingerprint density at radius 1 is 1.00 bits per heavy atom. The quantitative estimate of drug-likeness (QED) is 0.0737. The molecule has 2 aromatic heterocycles. The summed E-state index contributed by atoms with van der Waals surface area (Å²) in [6.07, 6.45) is 7.36. The third-order valence-corrected chi connectivity index (χ3v) is 11.0. The van der Waals surface area contributed by atoms with Gasteiger partial charge in [0.15, 0.2) is 18.2 Å². The summed E-state index contributed by atoms with van der Waals surface area (Å²) in [6, 6.07) is 10.0. The lowest BCUT2D eigenvalue weighted by Gasteiger charge is -2.37. The molecule has 0 radical (unpaired) electrons. The number of anilines is 4. The fourth-order valence-electron chi connectivity index (χ4n) is 7.63. The lowest BCUT2D eigenvalue weighted by molar-refractivity contribution is -0.0249. The van der Waals surface area contributed by atoms with E-state index in [9.17, 15) is 21.6 Å². The van der Waals surface area contributed by atoms with Crippen molar-refractivity contribution in [3.8, 4) is 17.1 Å². The molecule has 4 aromatic rings. The molecular formula is C36H47N9O7S2. The van der Waals surface area contributed by atoms with E-state index in [-0.39, 0.29) is 53.0 Å². The molecule has 2 aromatic carbocycles. The Labute approximate surface area is 316 Å². The summed E-state index contributed by atoms with van der Waals surface area (Å²) in [7, 11) is -5.35. The van der Waals surface area contributed by atoms with E-state index in [2.05, 4.69) is 55.5 Å². The first-order valence-corrected chi connectivity index (χ1v) is 21.6. The van der Waals surface area contributed by atoms with Crippen LogP contribution in [0.2, 0.25) is 0 Å². The van der Waals surface area contributed by atoms with E-state index in [0.717, 1.165) is 57.0 Å². The van der Waals surface area contributed by atoms with Crippen LogP contribution in [0, 0.1) is 24.3 Å². The highest BCUT2D eigenvalue weighted by atomic mass is 32.2. The van der Waals surface area contributed by atoms with Crippen molar-refractivity contribution >= 4 is 60.1 Å². The molecule has 2 atom stereocenters. The normalized spacial score (nSPS) is 20.7. The summed E-state index contributed by atoms with van der Waals surface area (Å²) in [5.41, 5.74) is 3.02. The van der Waals surface area contributed by atoms with Crippen molar-refractivity contribution < 1.29 is 31.1 Å². The van der Waals surface area contributed by atoms with E-state index in [1.165, 1.54) is 18.2 Å². The number of esters is 1. The van der Waals surface area contributed by atoms with Crippen molar-refractivity contribution in [2.24, 2.45) is 17.8 Å². The number of aromatic amines is 1. The largest absolute Gasteiger partial charge is 0.473 e. The average Bonchev–Trinajstić information content (AvgIpc) is 3.81. The predicted molar refractivity (Wildman–Crippen MR) is 209 cm³/mol. The lowest BCUT2D eigenvalue weighted by Crippen LogP contribution is -2.38. The number of hydrazine groups is 1. The van der Waals surface area contributed by atoms with Crippen molar-refractivity contribution in [1.29, 1.82) is 0 Å². The van der Waals surface area contributed by atoms with Crippen LogP contribution < -0.4 is 24.5 Å². The highest BCUT2D eigenvalue weighted by molar-refractivity contribution is 7.92. The number of nitrogens with one attached hydrogen (secondary N) is 4. The van der Waals surface area contributed by atoms with E-state index in [0.29, 0.717) is 28.6 Å². The Morgan fingerprint density at radius 2 is 1.63 bits per heavy atom. The summed E-state index contributed by atoms with van der Waals surface area (Å²) in [5, 5.41) is 10.8. The zero-order chi connectivity index (χ0) is 38.9. The number of nitrogens with zero attached hydrogens (tertiary/aromatic N) is 5. The number of benzene rings is 2. The molecule has 2 aliphatic rings. The molecule has 0 spiro atoms. The molecule has 6 rings (SSSR count). The third-order valence-electron chi connectivity index (χ3n) is 9.78. The van der Waals surface area contributed by atoms with Crippen molar-refractivity contribution in [1.82, 2.24) is 19.6 Å². The van der Waals surface area contributed by atoms with Gasteiger partial charge in [-0.2, -0.15) is 0 Å². The van der Waals surface area contributed by atoms with E-state index >= 15 is 0 Å². The molecule has 2 unspecified atom stereocenters. The third kappa shape index (κ3) is 9.02. The Hall–Kier alpha value is -4.99. The fraction of sp³-hybridized carbons (Fsp3) is 0.472. The van der Waals surface area contributed by atoms with Gasteiger partial charge in [-0.1, -0.05) is 20.8 Å². The minimum absolute atomic E-state index is 0.0774. The van der Waals surface area contributed by atoms with Gasteiger partial charge in [0.25, 0.3) is 0 Å². The van der Waals surface area contributed by atoms with Gasteiger partial charge in [0, 0.05) is 44.0 Å². The van der Waals surface area contributed by atoms with Crippen molar-refractivity contribution in [3.63, 3.8) is 0 Å². The fourth-order valence-corrected chi connectivity index (χ4v) is 8.72. The number of hydrogen-bond acceptors (Lipinski definition) is 11. The molecule has 2 fully saturated rings. The molecule has 3 heterocycles. The highest BCUT2D eigenvalue weighted by Crippen LogP contribution is 2.38. The van der Waals surface area contributed by atoms with E-state index in [4.69, 9.17) is 21.0 Å². The van der Waals surface area contributed by atoms with Gasteiger partial charge in [0.1, 0.15) is 17.4 Å². The number of ether oxygens (including phenoxy) is 2. The van der Waals surface area contributed by atoms with Crippen LogP contribution in [0.3, 0.4) is 0 Å². The first-order valence-electron chi connectivity index (χ1n) is 17.8. The van der Waals surface area contributed by atoms with Gasteiger partial charge >= 0.3 is 5.97 Å². The Bertz CT molecular complexity index is 2230. The molecule has 0 amide bonds. The van der Waals surface area contributed by atoms with Gasteiger partial charge in [-0.25, -0.2) is 36.5 Å². The second-order valence-corrected chi connectivity index (χ2v) is 18.0. The lowest BCUT2D eigenvalue weighted by atomic mass is 9.75. The van der Waals surface area contributed by atoms with Gasteiger partial charge in [-0.05, 0) is 67.7 Å². The Morgan fingerprint density at radius 3 is 2.22 bits per heavy atom. The average molecular weight is 782 g/mol. The molecule has 290 valence electrons. The van der Waals surface area contributed by atoms with Gasteiger partial charge < -0.3 is 19.8 Å². The number of fused-ring (bicyclic) bond motifs is 1. The number of carbonyl (C=O) groups excluding carboxylic acids is 1. The summed E-state index contributed by atoms with van der Waals surface area (Å²) >= 11 is 0. The monoisotopic (exact) mass is 781 g/mol. The molecule has 1 saturated carbocycles. The van der Waals surface area contributed by atoms with Crippen molar-refractivity contribution in [3.05, 3.63) is 59.6 Å². The zero-order valence-corrected chi connectivity index (χ0v) is 32.8. The second-order valence-electron chi connectivity index (χ2n) is 14.5. The summed E-state index contributed by atoms with van der Waals surface area (Å²) in [4.78, 5) is 22.0. The Kier molecular flexibility index (Phi) is 11.0. The van der Waals surface area contributed by atoms with Crippen LogP contribution in [-0.4, -0.2) is 87.9 Å². The summed E-state index contributed by atoms with van der Waals surface area (Å²) in [6.45, 7) is 15.9. The highest BCUT2D eigenvalue weighted by Gasteiger charge is 2.36. The van der Waals surface area contributed by atoms with Crippen LogP contribution in [-0.2, 0) is 24.8 Å². The number of H-pyrrole nitrogens is 1. The van der Waals surface area contributed by atoms with Gasteiger partial charge in [-0.15, -0.1) is 0 Å². The van der Waals surface area contributed by atoms with Gasteiger partial charge in [0.05, 0.1) is 41.8 Å². The Balaban J connectivity index is 1.29. The summed E-state index contributed by atoms with van der Waals surface area (Å²) in [5.74, 6) is 1.05. The van der Waals surface area contributed by atoms with Gasteiger partial charge in [0.2, 0.25) is 25.7 Å². The van der Waals surface area contributed by atoms with Crippen LogP contribution in [0.1, 0.15) is 56.8 Å². The SMILES string of the molecule is [C-]#[N+]c1cn2[nH]c(-c3ccc(N(C)N4CCCC4)c(NCOc4cc(NS(C)(=O)=O)cc(NS(C)(=O)=O)c4)c3)nc2c1C(=O)OC1C(C)CC(C)CC1C. The van der Waals surface area contributed by atoms with E-state index in [1.807, 2.05) is 25.2 Å². The first-order chi connectivity index (χ1) is 25.5. The van der Waals surface area contributed by atoms with Gasteiger partial charge in [-0.3, -0.25) is 19.1 Å². The first kappa shape index (κ1) is 38.7. The number of sulfonamides is 2. The minimum Gasteiger partial charge on any atom is -0.473 e. The molecule has 16 nitrogen and oxygen atoms in total. The topological polar surface area (TPSA) is 184 Å². The smallest absolute Gasteiger partial charge is 0.331 e. The maximum Gasteiger partial charge on any atom is 0.331 e. The summed E-state index contributed by atoms with van der Waals surface area (Å²) < 4.78 is 66.1. The molecule has 1 aliphatic heterocycles. The number of rotatable bonds is 13. The van der Waals surface area contributed by atoms with Crippen molar-refractivity contribution in [2.45, 2.75) is 52.6 Å². The number of hydrogen-bond donors (Lipinski definition) is 4. The molecular weight excluding hydrogens is 735 g/mol. The molecule has 4 N–H and O–H groups in total. The predicted octanol–water partition coefficient (Wildman–Crippen LogP) is 5.75. The number of carbonyl (C=O) groups is 1. The molecule has 0 bridgehead atoms. The number of aromatic nitrogens is 3. The minimum atomic E-state index is -3.66. The molecule has 54 heavy (non-hydrogen) atoms. The molecule has 1 saturated heterocycles. The van der Waals surface area contributed by atoms with E-state index < -0.39 is 26.0 Å². The van der Waals surface area contributed by atoms with Crippen LogP contribution >= 0.6 is 0 Å². The van der Waals surface area contributed by atoms with Crippen LogP contribution in [0.4, 0.5) is 28.4 Å². The second kappa shape index (κ2) is 15.4.